The van der Waals surface area contributed by atoms with Crippen LogP contribution in [0.5, 0.6) is 0 Å². The van der Waals surface area contributed by atoms with Gasteiger partial charge in [-0.15, -0.1) is 0 Å². The van der Waals surface area contributed by atoms with Crippen LogP contribution in [0.2, 0.25) is 0 Å². The number of carbonyl (C=O) groups is 2. The zero-order valence-corrected chi connectivity index (χ0v) is 19.5. The van der Waals surface area contributed by atoms with Gasteiger partial charge in [-0.1, -0.05) is 66.7 Å². The molecular weight excluding hydrogens is 442 g/mol. The van der Waals surface area contributed by atoms with E-state index in [1.165, 1.54) is 5.69 Å². The summed E-state index contributed by atoms with van der Waals surface area (Å²) in [6.07, 6.45) is -0.706. The molecule has 3 aromatic carbocycles. The number of carboxylic acids is 1. The van der Waals surface area contributed by atoms with E-state index in [9.17, 15) is 14.7 Å². The second kappa shape index (κ2) is 10.2. The largest absolute Gasteiger partial charge is 0.480 e. The predicted molar refractivity (Wildman–Crippen MR) is 135 cm³/mol. The molecule has 1 fully saturated rings. The van der Waals surface area contributed by atoms with Gasteiger partial charge < -0.3 is 20.1 Å². The van der Waals surface area contributed by atoms with E-state index in [1.807, 2.05) is 42.5 Å². The van der Waals surface area contributed by atoms with Crippen molar-refractivity contribution >= 4 is 17.7 Å². The minimum Gasteiger partial charge on any atom is -0.480 e. The Morgan fingerprint density at radius 1 is 0.857 bits per heavy atom. The minimum atomic E-state index is -1.07. The second-order valence-corrected chi connectivity index (χ2v) is 8.98. The molecule has 0 unspecified atom stereocenters. The summed E-state index contributed by atoms with van der Waals surface area (Å²) in [4.78, 5) is 28.8. The van der Waals surface area contributed by atoms with Gasteiger partial charge in [-0.25, -0.2) is 9.59 Å². The van der Waals surface area contributed by atoms with Crippen molar-refractivity contribution in [1.82, 2.24) is 10.2 Å². The van der Waals surface area contributed by atoms with Crippen molar-refractivity contribution in [2.75, 3.05) is 44.2 Å². The first kappa shape index (κ1) is 22.9. The first-order valence-corrected chi connectivity index (χ1v) is 12.0. The number of anilines is 1. The number of para-hydroxylation sites is 1. The second-order valence-electron chi connectivity index (χ2n) is 8.98. The summed E-state index contributed by atoms with van der Waals surface area (Å²) in [5, 5.41) is 12.3. The van der Waals surface area contributed by atoms with Crippen molar-refractivity contribution in [1.29, 1.82) is 0 Å². The molecule has 0 spiro atoms. The summed E-state index contributed by atoms with van der Waals surface area (Å²) in [6, 6.07) is 25.4. The third-order valence-corrected chi connectivity index (χ3v) is 6.87. The van der Waals surface area contributed by atoms with Crippen molar-refractivity contribution < 1.29 is 19.4 Å². The topological polar surface area (TPSA) is 82.1 Å². The molecule has 0 saturated carbocycles. The van der Waals surface area contributed by atoms with Gasteiger partial charge in [0.1, 0.15) is 12.6 Å². The summed E-state index contributed by atoms with van der Waals surface area (Å²) < 4.78 is 5.54. The third-order valence-electron chi connectivity index (χ3n) is 6.87. The number of carbonyl (C=O) groups excluding carboxylic acids is 1. The highest BCUT2D eigenvalue weighted by atomic mass is 16.5. The van der Waals surface area contributed by atoms with Crippen LogP contribution in [0.4, 0.5) is 10.5 Å². The normalized spacial score (nSPS) is 16.3. The van der Waals surface area contributed by atoms with Crippen LogP contribution in [-0.2, 0) is 9.53 Å². The van der Waals surface area contributed by atoms with Gasteiger partial charge in [0.2, 0.25) is 0 Å². The lowest BCUT2D eigenvalue weighted by Crippen LogP contribution is -2.54. The highest BCUT2D eigenvalue weighted by Crippen LogP contribution is 2.44. The molecule has 1 saturated heterocycles. The maximum absolute atomic E-state index is 12.6. The van der Waals surface area contributed by atoms with Gasteiger partial charge in [0.25, 0.3) is 0 Å². The van der Waals surface area contributed by atoms with Crippen LogP contribution in [-0.4, -0.2) is 67.4 Å². The van der Waals surface area contributed by atoms with E-state index in [2.05, 4.69) is 51.5 Å². The molecule has 1 heterocycles. The van der Waals surface area contributed by atoms with Gasteiger partial charge >= 0.3 is 12.1 Å². The summed E-state index contributed by atoms with van der Waals surface area (Å²) in [7, 11) is 0. The maximum atomic E-state index is 12.6. The Bertz CT molecular complexity index is 1150. The molecule has 7 heteroatoms. The Kier molecular flexibility index (Phi) is 6.68. The number of fused-ring (bicyclic) bond motifs is 3. The van der Waals surface area contributed by atoms with Crippen molar-refractivity contribution in [2.24, 2.45) is 0 Å². The number of amides is 1. The Labute approximate surface area is 204 Å². The third kappa shape index (κ3) is 5.00. The SMILES string of the molecule is O=C(N[C@@H](CN1CCN(c2ccccc2)CC1)C(=O)O)OCC1c2ccccc2-c2ccccc21. The lowest BCUT2D eigenvalue weighted by atomic mass is 9.98. The highest BCUT2D eigenvalue weighted by molar-refractivity contribution is 5.81. The number of nitrogens with one attached hydrogen (secondary N) is 1. The molecule has 2 aliphatic rings. The number of benzene rings is 3. The van der Waals surface area contributed by atoms with Crippen LogP contribution >= 0.6 is 0 Å². The van der Waals surface area contributed by atoms with Crippen molar-refractivity contribution in [3.63, 3.8) is 0 Å². The molecule has 3 aromatic rings. The zero-order valence-electron chi connectivity index (χ0n) is 19.5. The molecule has 1 aliphatic carbocycles. The lowest BCUT2D eigenvalue weighted by molar-refractivity contribution is -0.139. The number of ether oxygens (including phenoxy) is 1. The van der Waals surface area contributed by atoms with Crippen LogP contribution in [0.1, 0.15) is 17.0 Å². The summed E-state index contributed by atoms with van der Waals surface area (Å²) >= 11 is 0. The van der Waals surface area contributed by atoms with Crippen LogP contribution in [0.25, 0.3) is 11.1 Å². The Hall–Kier alpha value is -3.84. The Morgan fingerprint density at radius 3 is 2.03 bits per heavy atom. The smallest absolute Gasteiger partial charge is 0.407 e. The molecule has 0 bridgehead atoms. The first-order valence-electron chi connectivity index (χ1n) is 12.0. The number of alkyl carbamates (subject to hydrolysis) is 1. The quantitative estimate of drug-likeness (QED) is 0.546. The molecule has 0 radical (unpaired) electrons. The number of hydrogen-bond donors (Lipinski definition) is 2. The average Bonchev–Trinajstić information content (AvgIpc) is 3.21. The number of hydrogen-bond acceptors (Lipinski definition) is 5. The number of carboxylic acid groups (broad SMARTS) is 1. The van der Waals surface area contributed by atoms with Gasteiger partial charge in [-0.2, -0.15) is 0 Å². The Morgan fingerprint density at radius 2 is 1.43 bits per heavy atom. The number of nitrogens with zero attached hydrogens (tertiary/aromatic N) is 2. The predicted octanol–water partition coefficient (Wildman–Crippen LogP) is 3.80. The van der Waals surface area contributed by atoms with E-state index in [4.69, 9.17) is 4.74 Å². The number of aliphatic carboxylic acids is 1. The van der Waals surface area contributed by atoms with Crippen LogP contribution in [0.15, 0.2) is 78.9 Å². The fraction of sp³-hybridized carbons (Fsp3) is 0.286. The molecule has 1 atom stereocenters. The molecule has 2 N–H and O–H groups in total. The van der Waals surface area contributed by atoms with Crippen LogP contribution in [0, 0.1) is 0 Å². The van der Waals surface area contributed by atoms with E-state index in [1.54, 1.807) is 0 Å². The monoisotopic (exact) mass is 471 g/mol. The van der Waals surface area contributed by atoms with Crippen LogP contribution in [0.3, 0.4) is 0 Å². The fourth-order valence-corrected chi connectivity index (χ4v) is 5.05. The molecule has 7 nitrogen and oxygen atoms in total. The first-order chi connectivity index (χ1) is 17.1. The molecule has 1 aliphatic heterocycles. The average molecular weight is 472 g/mol. The van der Waals surface area contributed by atoms with Gasteiger partial charge in [-0.3, -0.25) is 4.90 Å². The van der Waals surface area contributed by atoms with Crippen molar-refractivity contribution in [3.8, 4) is 11.1 Å². The molecule has 0 aromatic heterocycles. The molecule has 5 rings (SSSR count). The lowest BCUT2D eigenvalue weighted by Gasteiger charge is -2.37. The van der Waals surface area contributed by atoms with E-state index in [-0.39, 0.29) is 19.1 Å². The van der Waals surface area contributed by atoms with Gasteiger partial charge in [0.05, 0.1) is 0 Å². The zero-order chi connectivity index (χ0) is 24.2. The minimum absolute atomic E-state index is 0.0671. The molecule has 35 heavy (non-hydrogen) atoms. The van der Waals surface area contributed by atoms with Gasteiger partial charge in [0.15, 0.2) is 0 Å². The van der Waals surface area contributed by atoms with Crippen molar-refractivity contribution in [3.05, 3.63) is 90.0 Å². The molecular formula is C28H29N3O4. The fourth-order valence-electron chi connectivity index (χ4n) is 5.05. The van der Waals surface area contributed by atoms with Crippen LogP contribution < -0.4 is 10.2 Å². The Balaban J connectivity index is 1.16. The number of piperazine rings is 1. The molecule has 180 valence electrons. The van der Waals surface area contributed by atoms with Gasteiger partial charge in [-0.05, 0) is 34.4 Å². The van der Waals surface area contributed by atoms with E-state index < -0.39 is 18.1 Å². The van der Waals surface area contributed by atoms with E-state index in [0.717, 1.165) is 48.4 Å². The number of rotatable bonds is 7. The standard InChI is InChI=1S/C28H29N3O4/c32-27(33)26(18-30-14-16-31(17-15-30)20-8-2-1-3-9-20)29-28(34)35-19-25-23-12-6-4-10-21(23)22-11-5-7-13-24(22)25/h1-13,25-26H,14-19H2,(H,29,34)(H,32,33)/t26-/m0/s1. The molecule has 1 amide bonds. The highest BCUT2D eigenvalue weighted by Gasteiger charge is 2.30. The van der Waals surface area contributed by atoms with Gasteiger partial charge in [0, 0.05) is 44.3 Å². The van der Waals surface area contributed by atoms with E-state index >= 15 is 0 Å². The summed E-state index contributed by atoms with van der Waals surface area (Å²) in [5.41, 5.74) is 5.70. The summed E-state index contributed by atoms with van der Waals surface area (Å²) in [6.45, 7) is 3.46. The van der Waals surface area contributed by atoms with E-state index in [0.29, 0.717) is 0 Å². The maximum Gasteiger partial charge on any atom is 0.407 e. The van der Waals surface area contributed by atoms with Crippen molar-refractivity contribution in [2.45, 2.75) is 12.0 Å². The summed E-state index contributed by atoms with van der Waals surface area (Å²) in [5.74, 6) is -1.13.